The molecule has 0 unspecified atom stereocenters. The standard InChI is InChI=1S/2C5H9O2.2ClH.2Sn.2H/c2*1-3-5(6)7-4-2;;;;;;/h2*1,3-4H2,2H3;2*1H;;;;. The van der Waals surface area contributed by atoms with Gasteiger partial charge in [0.15, 0.2) is 0 Å². The van der Waals surface area contributed by atoms with E-state index >= 15 is 0 Å². The van der Waals surface area contributed by atoms with E-state index in [9.17, 15) is 9.59 Å². The van der Waals surface area contributed by atoms with E-state index in [1.807, 2.05) is 13.8 Å². The third-order valence-electron chi connectivity index (χ3n) is 1.31. The zero-order chi connectivity index (χ0) is 12.8. The molecule has 8 heteroatoms. The predicted octanol–water partition coefficient (Wildman–Crippen LogP) is 1.36. The molecule has 0 heterocycles. The van der Waals surface area contributed by atoms with Gasteiger partial charge in [-0.25, -0.2) is 0 Å². The Bertz CT molecular complexity index is 159. The van der Waals surface area contributed by atoms with Gasteiger partial charge in [-0.05, 0) is 0 Å². The van der Waals surface area contributed by atoms with E-state index in [-0.39, 0.29) is 36.8 Å². The molecule has 0 aromatic carbocycles. The van der Waals surface area contributed by atoms with Crippen molar-refractivity contribution in [3.05, 3.63) is 0 Å². The van der Waals surface area contributed by atoms with Crippen LogP contribution in [0.1, 0.15) is 26.7 Å². The van der Waals surface area contributed by atoms with E-state index < -0.39 is 0 Å². The normalized spacial score (nSPS) is 7.78. The summed E-state index contributed by atoms with van der Waals surface area (Å²) in [5.74, 6) is -0.111. The van der Waals surface area contributed by atoms with Crippen LogP contribution in [-0.4, -0.2) is 70.2 Å². The van der Waals surface area contributed by atoms with E-state index in [2.05, 4.69) is 9.47 Å². The fraction of sp³-hybridized carbons (Fsp3) is 0.800. The second kappa shape index (κ2) is 23.2. The Morgan fingerprint density at radius 1 is 0.833 bits per heavy atom. The molecular formula is C10H22Cl2O4Sn2. The van der Waals surface area contributed by atoms with Crippen LogP contribution < -0.4 is 0 Å². The molecule has 0 atom stereocenters. The fourth-order valence-corrected chi connectivity index (χ4v) is 2.05. The first-order valence-electron chi connectivity index (χ1n) is 5.33. The number of hydrogen-bond donors (Lipinski definition) is 0. The zero-order valence-corrected chi connectivity index (χ0v) is 19.1. The largest absolute Gasteiger partial charge is 0.147 e. The third kappa shape index (κ3) is 25.8. The Hall–Kier alpha value is 1.12. The minimum atomic E-state index is -0.0555. The SMILES string of the molecule is CCOC(=O)C[CH2][SnH].CCOC(=O)C[CH2][SnH].Cl.Cl. The monoisotopic (exact) mass is 516 g/mol. The Morgan fingerprint density at radius 3 is 1.28 bits per heavy atom. The second-order valence-electron chi connectivity index (χ2n) is 2.69. The summed E-state index contributed by atoms with van der Waals surface area (Å²) in [7, 11) is 0. The molecule has 0 rings (SSSR count). The van der Waals surface area contributed by atoms with Gasteiger partial charge in [0.2, 0.25) is 0 Å². The zero-order valence-electron chi connectivity index (χ0n) is 10.8. The first kappa shape index (κ1) is 27.5. The van der Waals surface area contributed by atoms with Crippen LogP contribution in [0, 0.1) is 0 Å². The van der Waals surface area contributed by atoms with Crippen LogP contribution in [0.3, 0.4) is 0 Å². The van der Waals surface area contributed by atoms with Crippen molar-refractivity contribution in [2.75, 3.05) is 13.2 Å². The summed E-state index contributed by atoms with van der Waals surface area (Å²) in [6.07, 6.45) is 1.21. The second-order valence-corrected chi connectivity index (χ2v) is 5.98. The van der Waals surface area contributed by atoms with Crippen molar-refractivity contribution < 1.29 is 19.1 Å². The molecule has 0 aliphatic rings. The van der Waals surface area contributed by atoms with Crippen LogP contribution in [0.4, 0.5) is 0 Å². The molecular weight excluding hydrogens is 492 g/mol. The summed E-state index contributed by atoms with van der Waals surface area (Å²) in [4.78, 5) is 20.9. The fourth-order valence-electron chi connectivity index (χ4n) is 0.702. The van der Waals surface area contributed by atoms with E-state index in [0.29, 0.717) is 26.1 Å². The number of ether oxygens (including phenoxy) is 2. The summed E-state index contributed by atoms with van der Waals surface area (Å²) >= 11 is 2.30. The van der Waals surface area contributed by atoms with Crippen LogP contribution in [-0.2, 0) is 19.1 Å². The summed E-state index contributed by atoms with van der Waals surface area (Å²) in [6, 6.07) is 0. The maximum Gasteiger partial charge on any atom is -0.147 e. The van der Waals surface area contributed by atoms with Crippen LogP contribution in [0.2, 0.25) is 8.87 Å². The van der Waals surface area contributed by atoms with Gasteiger partial charge in [-0.2, -0.15) is 0 Å². The Morgan fingerprint density at radius 2 is 1.11 bits per heavy atom. The van der Waals surface area contributed by atoms with Crippen LogP contribution in [0.15, 0.2) is 0 Å². The number of esters is 2. The molecule has 0 spiro atoms. The van der Waals surface area contributed by atoms with Crippen molar-refractivity contribution in [1.29, 1.82) is 0 Å². The number of rotatable bonds is 6. The predicted molar refractivity (Wildman–Crippen MR) is 80.9 cm³/mol. The minimum absolute atomic E-state index is 0. The van der Waals surface area contributed by atoms with Gasteiger partial charge in [-0.1, -0.05) is 0 Å². The molecule has 0 saturated heterocycles. The molecule has 0 aromatic heterocycles. The molecule has 0 bridgehead atoms. The molecule has 4 nitrogen and oxygen atoms in total. The summed E-state index contributed by atoms with van der Waals surface area (Å²) in [6.45, 7) is 4.67. The topological polar surface area (TPSA) is 52.6 Å². The van der Waals surface area contributed by atoms with Crippen molar-refractivity contribution in [3.63, 3.8) is 0 Å². The van der Waals surface area contributed by atoms with Crippen molar-refractivity contribution in [2.24, 2.45) is 0 Å². The molecule has 0 saturated carbocycles. The number of carbonyl (C=O) groups excluding carboxylic acids is 2. The third-order valence-corrected chi connectivity index (χ3v) is 2.96. The molecule has 0 fully saturated rings. The van der Waals surface area contributed by atoms with Gasteiger partial charge >= 0.3 is 125 Å². The number of hydrogen-bond acceptors (Lipinski definition) is 4. The summed E-state index contributed by atoms with van der Waals surface area (Å²) in [5.41, 5.74) is 0. The average molecular weight is 515 g/mol. The van der Waals surface area contributed by atoms with Crippen LogP contribution in [0.25, 0.3) is 0 Å². The molecule has 0 aromatic rings. The summed E-state index contributed by atoms with van der Waals surface area (Å²) < 4.78 is 11.3. The molecule has 108 valence electrons. The van der Waals surface area contributed by atoms with Gasteiger partial charge in [0, 0.05) is 0 Å². The van der Waals surface area contributed by atoms with Gasteiger partial charge in [-0.3, -0.25) is 0 Å². The molecule has 0 aliphatic heterocycles. The molecule has 0 N–H and O–H groups in total. The van der Waals surface area contributed by atoms with E-state index in [1.54, 1.807) is 0 Å². The van der Waals surface area contributed by atoms with Gasteiger partial charge in [0.1, 0.15) is 0 Å². The van der Waals surface area contributed by atoms with Crippen molar-refractivity contribution in [2.45, 2.75) is 35.6 Å². The smallest absolute Gasteiger partial charge is 0.147 e. The first-order valence-corrected chi connectivity index (χ1v) is 9.99. The quantitative estimate of drug-likeness (QED) is 0.397. The molecule has 0 amide bonds. The van der Waals surface area contributed by atoms with Crippen molar-refractivity contribution in [3.8, 4) is 0 Å². The Kier molecular flexibility index (Phi) is 35.4. The Balaban J connectivity index is -0.0000000980. The molecule has 4 radical (unpaired) electrons. The maximum absolute atomic E-state index is 10.4. The minimum Gasteiger partial charge on any atom is -0.147 e. The van der Waals surface area contributed by atoms with Gasteiger partial charge in [-0.15, -0.1) is 24.8 Å². The van der Waals surface area contributed by atoms with Crippen molar-refractivity contribution in [1.82, 2.24) is 0 Å². The van der Waals surface area contributed by atoms with Crippen LogP contribution in [0.5, 0.6) is 0 Å². The van der Waals surface area contributed by atoms with E-state index in [4.69, 9.17) is 0 Å². The van der Waals surface area contributed by atoms with Gasteiger partial charge in [0.25, 0.3) is 0 Å². The van der Waals surface area contributed by atoms with Crippen LogP contribution >= 0.6 is 24.8 Å². The summed E-state index contributed by atoms with van der Waals surface area (Å²) in [5, 5.41) is 0. The Labute approximate surface area is 148 Å². The molecule has 0 aliphatic carbocycles. The van der Waals surface area contributed by atoms with E-state index in [1.165, 1.54) is 0 Å². The first-order chi connectivity index (χ1) is 7.62. The maximum atomic E-state index is 10.4. The number of carbonyl (C=O) groups is 2. The number of halogens is 2. The van der Waals surface area contributed by atoms with E-state index in [0.717, 1.165) is 53.9 Å². The average Bonchev–Trinajstić information content (AvgIpc) is 2.20. The molecule has 18 heavy (non-hydrogen) atoms. The van der Waals surface area contributed by atoms with Crippen molar-refractivity contribution >= 4 is 81.8 Å². The van der Waals surface area contributed by atoms with Gasteiger partial charge in [0.05, 0.1) is 0 Å². The van der Waals surface area contributed by atoms with Gasteiger partial charge < -0.3 is 0 Å².